The predicted molar refractivity (Wildman–Crippen MR) is 93.0 cm³/mol. The van der Waals surface area contributed by atoms with E-state index >= 15 is 0 Å². The lowest BCUT2D eigenvalue weighted by Crippen LogP contribution is -2.39. The Morgan fingerprint density at radius 2 is 2.05 bits per heavy atom. The molecule has 0 aliphatic carbocycles. The van der Waals surface area contributed by atoms with Crippen LogP contribution in [0.15, 0.2) is 18.2 Å². The van der Waals surface area contributed by atoms with Crippen molar-refractivity contribution in [2.75, 3.05) is 24.5 Å². The van der Waals surface area contributed by atoms with Gasteiger partial charge in [-0.3, -0.25) is 9.69 Å². The second kappa shape index (κ2) is 6.88. The number of amides is 1. The fraction of sp³-hybridized carbons (Fsp3) is 0.588. The molecule has 2 N–H and O–H groups in total. The third-order valence-corrected chi connectivity index (χ3v) is 5.08. The molecule has 4 nitrogen and oxygen atoms in total. The fourth-order valence-corrected chi connectivity index (χ4v) is 3.87. The van der Waals surface area contributed by atoms with Gasteiger partial charge in [0.1, 0.15) is 0 Å². The van der Waals surface area contributed by atoms with Crippen molar-refractivity contribution in [3.63, 3.8) is 0 Å². The summed E-state index contributed by atoms with van der Waals surface area (Å²) >= 11 is 0. The van der Waals surface area contributed by atoms with E-state index in [2.05, 4.69) is 22.8 Å². The van der Waals surface area contributed by atoms with Gasteiger partial charge in [0.25, 0.3) is 0 Å². The van der Waals surface area contributed by atoms with Gasteiger partial charge in [-0.15, -0.1) is 12.4 Å². The minimum Gasteiger partial charge on any atom is -0.370 e. The van der Waals surface area contributed by atoms with Gasteiger partial charge in [-0.1, -0.05) is 0 Å². The third kappa shape index (κ3) is 3.23. The monoisotopic (exact) mass is 323 g/mol. The molecule has 0 spiro atoms. The Bertz CT molecular complexity index is 549. The van der Waals surface area contributed by atoms with Gasteiger partial charge in [0.05, 0.1) is 0 Å². The van der Waals surface area contributed by atoms with E-state index in [0.717, 1.165) is 24.7 Å². The number of nitrogens with zero attached hydrogens (tertiary/aromatic N) is 2. The first kappa shape index (κ1) is 17.1. The minimum atomic E-state index is -0.343. The van der Waals surface area contributed by atoms with E-state index in [9.17, 15) is 4.79 Å². The summed E-state index contributed by atoms with van der Waals surface area (Å²) < 4.78 is 0. The zero-order valence-corrected chi connectivity index (χ0v) is 14.2. The second-order valence-corrected chi connectivity index (χ2v) is 6.48. The number of hydrogen-bond acceptors (Lipinski definition) is 3. The Labute approximate surface area is 139 Å². The van der Waals surface area contributed by atoms with Gasteiger partial charge in [-0.2, -0.15) is 0 Å². The van der Waals surface area contributed by atoms with Gasteiger partial charge in [-0.05, 0) is 63.4 Å². The summed E-state index contributed by atoms with van der Waals surface area (Å²) in [5, 5.41) is 0. The van der Waals surface area contributed by atoms with E-state index in [1.807, 2.05) is 19.1 Å². The van der Waals surface area contributed by atoms with Crippen LogP contribution >= 0.6 is 12.4 Å². The molecule has 5 heteroatoms. The van der Waals surface area contributed by atoms with Gasteiger partial charge in [0.2, 0.25) is 5.91 Å². The summed E-state index contributed by atoms with van der Waals surface area (Å²) in [6.45, 7) is 7.75. The summed E-state index contributed by atoms with van der Waals surface area (Å²) in [7, 11) is 0. The second-order valence-electron chi connectivity index (χ2n) is 6.48. The molecule has 2 heterocycles. The molecule has 0 radical (unpaired) electrons. The summed E-state index contributed by atoms with van der Waals surface area (Å²) in [5.74, 6) is -0.343. The number of carbonyl (C=O) groups is 1. The molecule has 1 aromatic carbocycles. The first-order valence-corrected chi connectivity index (χ1v) is 7.97. The number of primary amides is 1. The Hall–Kier alpha value is -1.26. The van der Waals surface area contributed by atoms with Crippen LogP contribution in [0.25, 0.3) is 0 Å². The maximum absolute atomic E-state index is 11.3. The highest BCUT2D eigenvalue weighted by molar-refractivity contribution is 5.94. The molecule has 1 amide bonds. The summed E-state index contributed by atoms with van der Waals surface area (Å²) in [5.41, 5.74) is 8.19. The average molecular weight is 324 g/mol. The van der Waals surface area contributed by atoms with Gasteiger partial charge in [0, 0.05) is 36.4 Å². The molecule has 1 aromatic rings. The molecule has 2 atom stereocenters. The zero-order valence-electron chi connectivity index (χ0n) is 13.4. The number of rotatable bonds is 3. The van der Waals surface area contributed by atoms with Crippen LogP contribution in [-0.4, -0.2) is 42.5 Å². The molecule has 0 aromatic heterocycles. The summed E-state index contributed by atoms with van der Waals surface area (Å²) in [4.78, 5) is 16.4. The highest BCUT2D eigenvalue weighted by Crippen LogP contribution is 2.29. The largest absolute Gasteiger partial charge is 0.370 e. The van der Waals surface area contributed by atoms with Crippen molar-refractivity contribution in [2.45, 2.75) is 45.2 Å². The first-order chi connectivity index (χ1) is 10.1. The molecule has 0 unspecified atom stereocenters. The fourth-order valence-electron chi connectivity index (χ4n) is 3.87. The molecular formula is C17H26ClN3O. The molecule has 0 saturated carbocycles. The van der Waals surface area contributed by atoms with E-state index in [1.165, 1.54) is 31.5 Å². The van der Waals surface area contributed by atoms with Crippen LogP contribution in [0.1, 0.15) is 42.1 Å². The lowest BCUT2D eigenvalue weighted by molar-refractivity contribution is 0.0999. The van der Waals surface area contributed by atoms with Crippen molar-refractivity contribution in [1.82, 2.24) is 4.90 Å². The number of nitrogens with two attached hydrogens (primary N) is 1. The number of carbonyl (C=O) groups excluding carboxylic acids is 1. The van der Waals surface area contributed by atoms with Gasteiger partial charge in [-0.25, -0.2) is 0 Å². The molecule has 0 bridgehead atoms. The molecule has 2 saturated heterocycles. The number of anilines is 1. The van der Waals surface area contributed by atoms with E-state index in [1.54, 1.807) is 0 Å². The topological polar surface area (TPSA) is 49.6 Å². The lowest BCUT2D eigenvalue weighted by atomic mass is 10.1. The Morgan fingerprint density at radius 1 is 1.27 bits per heavy atom. The van der Waals surface area contributed by atoms with Crippen molar-refractivity contribution in [2.24, 2.45) is 5.73 Å². The molecule has 2 aliphatic rings. The minimum absolute atomic E-state index is 0. The summed E-state index contributed by atoms with van der Waals surface area (Å²) in [6, 6.07) is 7.39. The van der Waals surface area contributed by atoms with Gasteiger partial charge < -0.3 is 10.6 Å². The molecule has 22 heavy (non-hydrogen) atoms. The van der Waals surface area contributed by atoms with E-state index < -0.39 is 0 Å². The molecular weight excluding hydrogens is 298 g/mol. The van der Waals surface area contributed by atoms with Crippen LogP contribution in [0.4, 0.5) is 5.69 Å². The van der Waals surface area contributed by atoms with Crippen molar-refractivity contribution >= 4 is 24.0 Å². The predicted octanol–water partition coefficient (Wildman–Crippen LogP) is 2.58. The van der Waals surface area contributed by atoms with Crippen LogP contribution in [0.5, 0.6) is 0 Å². The third-order valence-electron chi connectivity index (χ3n) is 5.08. The van der Waals surface area contributed by atoms with E-state index in [0.29, 0.717) is 11.6 Å². The smallest absolute Gasteiger partial charge is 0.248 e. The molecule has 3 rings (SSSR count). The van der Waals surface area contributed by atoms with Crippen molar-refractivity contribution in [3.8, 4) is 0 Å². The highest BCUT2D eigenvalue weighted by Gasteiger charge is 2.32. The standard InChI is InChI=1S/C17H25N3O.ClH/c1-12-10-14(5-6-16(12)17(18)21)19-9-7-15(11-19)20-8-3-4-13(20)2;/h5-6,10,13,15H,3-4,7-9,11H2,1-2H3,(H2,18,21);1H/t13-,15-;/m0./s1. The normalized spacial score (nSPS) is 25.3. The van der Waals surface area contributed by atoms with Crippen LogP contribution < -0.4 is 10.6 Å². The van der Waals surface area contributed by atoms with Crippen LogP contribution in [-0.2, 0) is 0 Å². The lowest BCUT2D eigenvalue weighted by Gasteiger charge is -2.28. The molecule has 122 valence electrons. The van der Waals surface area contributed by atoms with Gasteiger partial charge >= 0.3 is 0 Å². The number of likely N-dealkylation sites (tertiary alicyclic amines) is 1. The quantitative estimate of drug-likeness (QED) is 0.930. The summed E-state index contributed by atoms with van der Waals surface area (Å²) in [6.07, 6.45) is 3.91. The SMILES string of the molecule is Cc1cc(N2CC[C@H](N3CCC[C@@H]3C)C2)ccc1C(N)=O.Cl. The van der Waals surface area contributed by atoms with Crippen LogP contribution in [0.3, 0.4) is 0 Å². The van der Waals surface area contributed by atoms with E-state index in [4.69, 9.17) is 5.73 Å². The average Bonchev–Trinajstić information content (AvgIpc) is 3.06. The van der Waals surface area contributed by atoms with Crippen LogP contribution in [0, 0.1) is 6.92 Å². The number of halogens is 1. The van der Waals surface area contributed by atoms with Crippen molar-refractivity contribution in [3.05, 3.63) is 29.3 Å². The molecule has 2 aliphatic heterocycles. The van der Waals surface area contributed by atoms with Crippen LogP contribution in [0.2, 0.25) is 0 Å². The number of aryl methyl sites for hydroxylation is 1. The molecule has 2 fully saturated rings. The van der Waals surface area contributed by atoms with E-state index in [-0.39, 0.29) is 18.3 Å². The first-order valence-electron chi connectivity index (χ1n) is 7.97. The Balaban J connectivity index is 0.00000176. The maximum Gasteiger partial charge on any atom is 0.248 e. The number of hydrogen-bond donors (Lipinski definition) is 1. The van der Waals surface area contributed by atoms with Crippen molar-refractivity contribution < 1.29 is 4.79 Å². The Kier molecular flexibility index (Phi) is 5.35. The maximum atomic E-state index is 11.3. The van der Waals surface area contributed by atoms with Gasteiger partial charge in [0.15, 0.2) is 0 Å². The zero-order chi connectivity index (χ0) is 15.0. The highest BCUT2D eigenvalue weighted by atomic mass is 35.5. The number of benzene rings is 1. The van der Waals surface area contributed by atoms with Crippen molar-refractivity contribution in [1.29, 1.82) is 0 Å². The Morgan fingerprint density at radius 3 is 2.64 bits per heavy atom.